The zero-order valence-electron chi connectivity index (χ0n) is 11.3. The number of nitriles is 1. The van der Waals surface area contributed by atoms with Gasteiger partial charge < -0.3 is 5.11 Å². The van der Waals surface area contributed by atoms with Crippen LogP contribution in [0.2, 0.25) is 0 Å². The Hall–Kier alpha value is -2.25. The van der Waals surface area contributed by atoms with E-state index >= 15 is 0 Å². The fourth-order valence-corrected chi connectivity index (χ4v) is 2.09. The first-order valence-electron chi connectivity index (χ1n) is 6.64. The summed E-state index contributed by atoms with van der Waals surface area (Å²) in [6, 6.07) is 16.1. The minimum Gasteiger partial charge on any atom is -0.386 e. The zero-order chi connectivity index (χ0) is 15.3. The Kier molecular flexibility index (Phi) is 4.66. The van der Waals surface area contributed by atoms with Gasteiger partial charge in [-0.15, -0.1) is 0 Å². The molecule has 0 aliphatic rings. The van der Waals surface area contributed by atoms with E-state index in [0.717, 1.165) is 5.56 Å². The molecule has 0 saturated heterocycles. The van der Waals surface area contributed by atoms with E-state index in [-0.39, 0.29) is 12.0 Å². The van der Waals surface area contributed by atoms with E-state index in [4.69, 9.17) is 5.26 Å². The number of rotatable bonds is 5. The molecule has 0 saturated carbocycles. The van der Waals surface area contributed by atoms with Crippen molar-refractivity contribution >= 4 is 0 Å². The van der Waals surface area contributed by atoms with Gasteiger partial charge in [-0.2, -0.15) is 14.0 Å². The SMILES string of the molecule is N#Cc1ccc(C(F)(F)C(O)CCc2ccccc2)cc1. The van der Waals surface area contributed by atoms with Gasteiger partial charge in [0.05, 0.1) is 11.6 Å². The van der Waals surface area contributed by atoms with Gasteiger partial charge in [0.15, 0.2) is 0 Å². The highest BCUT2D eigenvalue weighted by atomic mass is 19.3. The molecule has 2 nitrogen and oxygen atoms in total. The van der Waals surface area contributed by atoms with Gasteiger partial charge >= 0.3 is 0 Å². The van der Waals surface area contributed by atoms with Crippen LogP contribution in [0.5, 0.6) is 0 Å². The predicted molar refractivity (Wildman–Crippen MR) is 75.8 cm³/mol. The lowest BCUT2D eigenvalue weighted by Gasteiger charge is -2.23. The van der Waals surface area contributed by atoms with Crippen molar-refractivity contribution in [2.75, 3.05) is 0 Å². The summed E-state index contributed by atoms with van der Waals surface area (Å²) < 4.78 is 28.3. The molecular formula is C17H15F2NO. The van der Waals surface area contributed by atoms with E-state index in [9.17, 15) is 13.9 Å². The second kappa shape index (κ2) is 6.47. The largest absolute Gasteiger partial charge is 0.386 e. The number of aliphatic hydroxyl groups excluding tert-OH is 1. The van der Waals surface area contributed by atoms with E-state index in [0.29, 0.717) is 12.0 Å². The van der Waals surface area contributed by atoms with Gasteiger partial charge in [0.2, 0.25) is 0 Å². The van der Waals surface area contributed by atoms with Crippen molar-refractivity contribution in [3.8, 4) is 6.07 Å². The quantitative estimate of drug-likeness (QED) is 0.912. The molecular weight excluding hydrogens is 272 g/mol. The molecule has 1 unspecified atom stereocenters. The lowest BCUT2D eigenvalue weighted by Crippen LogP contribution is -2.31. The first-order valence-corrected chi connectivity index (χ1v) is 6.64. The van der Waals surface area contributed by atoms with Crippen LogP contribution in [0.15, 0.2) is 54.6 Å². The lowest BCUT2D eigenvalue weighted by molar-refractivity contribution is -0.117. The Morgan fingerprint density at radius 3 is 2.24 bits per heavy atom. The van der Waals surface area contributed by atoms with Crippen LogP contribution >= 0.6 is 0 Å². The van der Waals surface area contributed by atoms with Crippen molar-refractivity contribution in [3.05, 3.63) is 71.3 Å². The van der Waals surface area contributed by atoms with Crippen molar-refractivity contribution < 1.29 is 13.9 Å². The van der Waals surface area contributed by atoms with Gasteiger partial charge in [-0.05, 0) is 30.5 Å². The topological polar surface area (TPSA) is 44.0 Å². The monoisotopic (exact) mass is 287 g/mol. The second-order valence-corrected chi connectivity index (χ2v) is 4.85. The molecule has 0 aliphatic heterocycles. The number of hydrogen-bond donors (Lipinski definition) is 1. The summed E-state index contributed by atoms with van der Waals surface area (Å²) in [6.45, 7) is 0. The smallest absolute Gasteiger partial charge is 0.298 e. The minimum atomic E-state index is -3.33. The van der Waals surface area contributed by atoms with Crippen molar-refractivity contribution in [1.29, 1.82) is 5.26 Å². The van der Waals surface area contributed by atoms with Crippen LogP contribution in [0.1, 0.15) is 23.1 Å². The van der Waals surface area contributed by atoms with Gasteiger partial charge in [0.25, 0.3) is 5.92 Å². The van der Waals surface area contributed by atoms with E-state index in [1.165, 1.54) is 24.3 Å². The number of aryl methyl sites for hydroxylation is 1. The van der Waals surface area contributed by atoms with E-state index in [1.807, 2.05) is 36.4 Å². The van der Waals surface area contributed by atoms with Crippen molar-refractivity contribution in [3.63, 3.8) is 0 Å². The van der Waals surface area contributed by atoms with Gasteiger partial charge in [-0.3, -0.25) is 0 Å². The van der Waals surface area contributed by atoms with Crippen LogP contribution in [0.4, 0.5) is 8.78 Å². The third kappa shape index (κ3) is 3.65. The Morgan fingerprint density at radius 2 is 1.67 bits per heavy atom. The first kappa shape index (κ1) is 15.1. The molecule has 0 fully saturated rings. The van der Waals surface area contributed by atoms with E-state index < -0.39 is 12.0 Å². The highest BCUT2D eigenvalue weighted by molar-refractivity contribution is 5.33. The molecule has 0 radical (unpaired) electrons. The third-order valence-electron chi connectivity index (χ3n) is 3.37. The fraction of sp³-hybridized carbons (Fsp3) is 0.235. The maximum absolute atomic E-state index is 14.2. The third-order valence-corrected chi connectivity index (χ3v) is 3.37. The predicted octanol–water partition coefficient (Wildman–Crippen LogP) is 3.64. The average Bonchev–Trinajstić information content (AvgIpc) is 2.53. The van der Waals surface area contributed by atoms with Gasteiger partial charge in [0, 0.05) is 5.56 Å². The van der Waals surface area contributed by atoms with Crippen LogP contribution in [0, 0.1) is 11.3 Å². The molecule has 2 aromatic rings. The number of aliphatic hydroxyl groups is 1. The second-order valence-electron chi connectivity index (χ2n) is 4.85. The fourth-order valence-electron chi connectivity index (χ4n) is 2.09. The Labute approximate surface area is 122 Å². The summed E-state index contributed by atoms with van der Waals surface area (Å²) in [4.78, 5) is 0. The normalized spacial score (nSPS) is 12.7. The molecule has 4 heteroatoms. The summed E-state index contributed by atoms with van der Waals surface area (Å²) in [5.74, 6) is -3.33. The summed E-state index contributed by atoms with van der Waals surface area (Å²) in [6.07, 6.45) is -1.41. The number of alkyl halides is 2. The highest BCUT2D eigenvalue weighted by Crippen LogP contribution is 2.33. The van der Waals surface area contributed by atoms with Crippen LogP contribution in [-0.2, 0) is 12.3 Å². The summed E-state index contributed by atoms with van der Waals surface area (Å²) in [7, 11) is 0. The maximum Gasteiger partial charge on any atom is 0.298 e. The zero-order valence-corrected chi connectivity index (χ0v) is 11.3. The molecule has 1 N–H and O–H groups in total. The molecule has 2 aromatic carbocycles. The Morgan fingerprint density at radius 1 is 1.05 bits per heavy atom. The molecule has 2 rings (SSSR count). The van der Waals surface area contributed by atoms with E-state index in [1.54, 1.807) is 0 Å². The number of nitrogens with zero attached hydrogens (tertiary/aromatic N) is 1. The minimum absolute atomic E-state index is 0.0307. The molecule has 1 atom stereocenters. The molecule has 0 spiro atoms. The van der Waals surface area contributed by atoms with Crippen molar-refractivity contribution in [2.45, 2.75) is 24.9 Å². The molecule has 108 valence electrons. The molecule has 21 heavy (non-hydrogen) atoms. The Bertz CT molecular complexity index is 617. The van der Waals surface area contributed by atoms with Crippen molar-refractivity contribution in [1.82, 2.24) is 0 Å². The lowest BCUT2D eigenvalue weighted by atomic mass is 9.97. The number of benzene rings is 2. The van der Waals surface area contributed by atoms with Crippen LogP contribution in [0.25, 0.3) is 0 Å². The van der Waals surface area contributed by atoms with Gasteiger partial charge in [-0.1, -0.05) is 42.5 Å². The van der Waals surface area contributed by atoms with Gasteiger partial charge in [-0.25, -0.2) is 0 Å². The average molecular weight is 287 g/mol. The summed E-state index contributed by atoms with van der Waals surface area (Å²) >= 11 is 0. The first-order chi connectivity index (χ1) is 10.0. The standard InChI is InChI=1S/C17H15F2NO/c18-17(19,15-9-6-14(12-20)7-10-15)16(21)11-8-13-4-2-1-3-5-13/h1-7,9-10,16,21H,8,11H2. The number of halogens is 2. The molecule has 0 aromatic heterocycles. The van der Waals surface area contributed by atoms with E-state index in [2.05, 4.69) is 0 Å². The molecule has 0 aliphatic carbocycles. The van der Waals surface area contributed by atoms with Crippen LogP contribution in [0.3, 0.4) is 0 Å². The van der Waals surface area contributed by atoms with Crippen LogP contribution < -0.4 is 0 Å². The summed E-state index contributed by atoms with van der Waals surface area (Å²) in [5.41, 5.74) is 0.947. The molecule has 0 amide bonds. The van der Waals surface area contributed by atoms with Gasteiger partial charge in [0.1, 0.15) is 6.10 Å². The maximum atomic E-state index is 14.2. The Balaban J connectivity index is 2.05. The number of hydrogen-bond acceptors (Lipinski definition) is 2. The molecule has 0 bridgehead atoms. The summed E-state index contributed by atoms with van der Waals surface area (Å²) in [5, 5.41) is 18.5. The van der Waals surface area contributed by atoms with Crippen molar-refractivity contribution in [2.24, 2.45) is 0 Å². The van der Waals surface area contributed by atoms with Crippen LogP contribution in [-0.4, -0.2) is 11.2 Å². The molecule has 0 heterocycles. The highest BCUT2D eigenvalue weighted by Gasteiger charge is 2.39.